The van der Waals surface area contributed by atoms with Crippen LogP contribution in [0.3, 0.4) is 0 Å². The molecule has 6 heteroatoms. The molecule has 0 radical (unpaired) electrons. The molecule has 0 saturated heterocycles. The summed E-state index contributed by atoms with van der Waals surface area (Å²) in [6.45, 7) is 4.41. The normalized spacial score (nSPS) is 11.2. The van der Waals surface area contributed by atoms with Gasteiger partial charge in [-0.2, -0.15) is 5.10 Å². The van der Waals surface area contributed by atoms with E-state index in [0.717, 1.165) is 11.1 Å². The van der Waals surface area contributed by atoms with Gasteiger partial charge in [0.15, 0.2) is 5.78 Å². The highest BCUT2D eigenvalue weighted by Gasteiger charge is 2.15. The molecule has 2 aromatic heterocycles. The standard InChI is InChI=1S/C18H18FN3O2/c1-12(2)18-8-16(21-24-18)17(23)7-14-9-20-22(11-14)10-13-4-3-5-15(19)6-13/h3-6,8-9,11-12H,7,10H2,1-2H3. The Morgan fingerprint density at radius 1 is 1.29 bits per heavy atom. The monoisotopic (exact) mass is 327 g/mol. The molecule has 0 bridgehead atoms. The maximum Gasteiger partial charge on any atom is 0.189 e. The van der Waals surface area contributed by atoms with Gasteiger partial charge in [0.05, 0.1) is 12.7 Å². The van der Waals surface area contributed by atoms with Crippen molar-refractivity contribution in [1.82, 2.24) is 14.9 Å². The molecular weight excluding hydrogens is 309 g/mol. The zero-order chi connectivity index (χ0) is 17.1. The zero-order valence-corrected chi connectivity index (χ0v) is 13.6. The lowest BCUT2D eigenvalue weighted by Crippen LogP contribution is -2.03. The molecule has 0 N–H and O–H groups in total. The molecule has 124 valence electrons. The summed E-state index contributed by atoms with van der Waals surface area (Å²) in [5, 5.41) is 8.04. The molecule has 3 aromatic rings. The zero-order valence-electron chi connectivity index (χ0n) is 13.6. The summed E-state index contributed by atoms with van der Waals surface area (Å²) in [7, 11) is 0. The number of nitrogens with zero attached hydrogens (tertiary/aromatic N) is 3. The highest BCUT2D eigenvalue weighted by atomic mass is 19.1. The number of halogens is 1. The summed E-state index contributed by atoms with van der Waals surface area (Å²) in [5.41, 5.74) is 1.93. The molecule has 0 aliphatic rings. The number of hydrogen-bond donors (Lipinski definition) is 0. The van der Waals surface area contributed by atoms with Crippen LogP contribution in [0.15, 0.2) is 47.2 Å². The Morgan fingerprint density at radius 2 is 2.12 bits per heavy atom. The fourth-order valence-electron chi connectivity index (χ4n) is 2.38. The van der Waals surface area contributed by atoms with Crippen LogP contribution >= 0.6 is 0 Å². The van der Waals surface area contributed by atoms with Gasteiger partial charge in [-0.1, -0.05) is 31.1 Å². The number of aromatic nitrogens is 3. The molecule has 0 spiro atoms. The highest BCUT2D eigenvalue weighted by molar-refractivity contribution is 5.95. The molecular formula is C18H18FN3O2. The number of hydrogen-bond acceptors (Lipinski definition) is 4. The second-order valence-electron chi connectivity index (χ2n) is 6.05. The second kappa shape index (κ2) is 6.78. The first-order valence-electron chi connectivity index (χ1n) is 7.77. The van der Waals surface area contributed by atoms with Gasteiger partial charge in [0, 0.05) is 24.6 Å². The van der Waals surface area contributed by atoms with E-state index in [1.165, 1.54) is 12.1 Å². The van der Waals surface area contributed by atoms with E-state index in [-0.39, 0.29) is 23.9 Å². The molecule has 3 rings (SSSR count). The van der Waals surface area contributed by atoms with Crippen molar-refractivity contribution >= 4 is 5.78 Å². The fourth-order valence-corrected chi connectivity index (χ4v) is 2.38. The first-order chi connectivity index (χ1) is 11.5. The molecule has 5 nitrogen and oxygen atoms in total. The van der Waals surface area contributed by atoms with E-state index in [4.69, 9.17) is 4.52 Å². The molecule has 2 heterocycles. The van der Waals surface area contributed by atoms with Crippen molar-refractivity contribution in [3.8, 4) is 0 Å². The summed E-state index contributed by atoms with van der Waals surface area (Å²) in [6, 6.07) is 8.05. The average Bonchev–Trinajstić information content (AvgIpc) is 3.17. The second-order valence-corrected chi connectivity index (χ2v) is 6.05. The predicted octanol–water partition coefficient (Wildman–Crippen LogP) is 3.61. The number of ketones is 1. The van der Waals surface area contributed by atoms with Crippen molar-refractivity contribution in [3.63, 3.8) is 0 Å². The van der Waals surface area contributed by atoms with Gasteiger partial charge in [-0.05, 0) is 23.3 Å². The SMILES string of the molecule is CC(C)c1cc(C(=O)Cc2cnn(Cc3cccc(F)c3)c2)no1. The minimum Gasteiger partial charge on any atom is -0.360 e. The lowest BCUT2D eigenvalue weighted by atomic mass is 10.1. The van der Waals surface area contributed by atoms with Crippen LogP contribution < -0.4 is 0 Å². The van der Waals surface area contributed by atoms with Gasteiger partial charge in [-0.25, -0.2) is 4.39 Å². The van der Waals surface area contributed by atoms with Crippen molar-refractivity contribution in [2.45, 2.75) is 32.7 Å². The molecule has 0 atom stereocenters. The summed E-state index contributed by atoms with van der Waals surface area (Å²) < 4.78 is 20.0. The van der Waals surface area contributed by atoms with E-state index in [9.17, 15) is 9.18 Å². The van der Waals surface area contributed by atoms with Gasteiger partial charge < -0.3 is 4.52 Å². The number of Topliss-reactive ketones (excluding diaryl/α,β-unsaturated/α-hetero) is 1. The first-order valence-corrected chi connectivity index (χ1v) is 7.77. The molecule has 0 aliphatic carbocycles. The van der Waals surface area contributed by atoms with Gasteiger partial charge in [0.2, 0.25) is 0 Å². The van der Waals surface area contributed by atoms with Gasteiger partial charge in [-0.15, -0.1) is 0 Å². The average molecular weight is 327 g/mol. The summed E-state index contributed by atoms with van der Waals surface area (Å²) in [4.78, 5) is 12.3. The number of benzene rings is 1. The van der Waals surface area contributed by atoms with E-state index in [0.29, 0.717) is 18.0 Å². The maximum atomic E-state index is 13.2. The van der Waals surface area contributed by atoms with Crippen LogP contribution in [0.1, 0.15) is 47.1 Å². The van der Waals surface area contributed by atoms with Crippen molar-refractivity contribution in [3.05, 3.63) is 71.1 Å². The van der Waals surface area contributed by atoms with Crippen molar-refractivity contribution in [1.29, 1.82) is 0 Å². The summed E-state index contributed by atoms with van der Waals surface area (Å²) in [6.07, 6.45) is 3.63. The Kier molecular flexibility index (Phi) is 4.55. The molecule has 0 unspecified atom stereocenters. The van der Waals surface area contributed by atoms with Crippen LogP contribution in [0, 0.1) is 5.82 Å². The Morgan fingerprint density at radius 3 is 2.83 bits per heavy atom. The molecule has 0 amide bonds. The Hall–Kier alpha value is -2.76. The van der Waals surface area contributed by atoms with Crippen LogP contribution in [0.5, 0.6) is 0 Å². The molecule has 0 fully saturated rings. The maximum absolute atomic E-state index is 13.2. The van der Waals surface area contributed by atoms with Crippen LogP contribution in [0.2, 0.25) is 0 Å². The lowest BCUT2D eigenvalue weighted by molar-refractivity contribution is 0.0984. The van der Waals surface area contributed by atoms with Gasteiger partial charge >= 0.3 is 0 Å². The molecule has 0 saturated carbocycles. The Labute approximate surface area is 139 Å². The molecule has 1 aromatic carbocycles. The van der Waals surface area contributed by atoms with E-state index in [2.05, 4.69) is 10.3 Å². The molecule has 0 aliphatic heterocycles. The van der Waals surface area contributed by atoms with E-state index in [1.54, 1.807) is 29.2 Å². The van der Waals surface area contributed by atoms with E-state index >= 15 is 0 Å². The Bertz CT molecular complexity index is 851. The van der Waals surface area contributed by atoms with Crippen molar-refractivity contribution in [2.75, 3.05) is 0 Å². The predicted molar refractivity (Wildman–Crippen MR) is 86.4 cm³/mol. The number of carbonyl (C=O) groups is 1. The number of rotatable bonds is 6. The highest BCUT2D eigenvalue weighted by Crippen LogP contribution is 2.16. The largest absolute Gasteiger partial charge is 0.360 e. The minimum absolute atomic E-state index is 0.115. The van der Waals surface area contributed by atoms with Crippen LogP contribution in [-0.2, 0) is 13.0 Å². The van der Waals surface area contributed by atoms with E-state index in [1.807, 2.05) is 19.9 Å². The summed E-state index contributed by atoms with van der Waals surface area (Å²) in [5.74, 6) is 0.492. The van der Waals surface area contributed by atoms with Crippen LogP contribution in [0.25, 0.3) is 0 Å². The fraction of sp³-hybridized carbons (Fsp3) is 0.278. The minimum atomic E-state index is -0.276. The lowest BCUT2D eigenvalue weighted by Gasteiger charge is -2.01. The van der Waals surface area contributed by atoms with Crippen LogP contribution in [-0.4, -0.2) is 20.7 Å². The third kappa shape index (κ3) is 3.76. The Balaban J connectivity index is 1.66. The van der Waals surface area contributed by atoms with Crippen molar-refractivity contribution in [2.24, 2.45) is 0 Å². The number of carbonyl (C=O) groups excluding carboxylic acids is 1. The van der Waals surface area contributed by atoms with Gasteiger partial charge in [-0.3, -0.25) is 9.48 Å². The van der Waals surface area contributed by atoms with Crippen molar-refractivity contribution < 1.29 is 13.7 Å². The summed E-state index contributed by atoms with van der Waals surface area (Å²) >= 11 is 0. The quantitative estimate of drug-likeness (QED) is 0.649. The van der Waals surface area contributed by atoms with Crippen LogP contribution in [0.4, 0.5) is 4.39 Å². The molecule has 24 heavy (non-hydrogen) atoms. The van der Waals surface area contributed by atoms with Gasteiger partial charge in [0.25, 0.3) is 0 Å². The smallest absolute Gasteiger partial charge is 0.189 e. The van der Waals surface area contributed by atoms with Gasteiger partial charge in [0.1, 0.15) is 17.3 Å². The first kappa shape index (κ1) is 16.1. The third-order valence-corrected chi connectivity index (χ3v) is 3.67. The van der Waals surface area contributed by atoms with E-state index < -0.39 is 0 Å². The third-order valence-electron chi connectivity index (χ3n) is 3.67. The topological polar surface area (TPSA) is 60.9 Å².